The van der Waals surface area contributed by atoms with Crippen molar-refractivity contribution in [2.24, 2.45) is 0 Å². The van der Waals surface area contributed by atoms with Gasteiger partial charge in [0.1, 0.15) is 11.5 Å². The van der Waals surface area contributed by atoms with Gasteiger partial charge in [-0.15, -0.1) is 0 Å². The zero-order valence-electron chi connectivity index (χ0n) is 16.1. The van der Waals surface area contributed by atoms with Crippen molar-refractivity contribution in [2.45, 2.75) is 32.1 Å². The van der Waals surface area contributed by atoms with E-state index in [1.807, 2.05) is 30.3 Å². The minimum Gasteiger partial charge on any atom is -0.508 e. The fourth-order valence-corrected chi connectivity index (χ4v) is 3.40. The summed E-state index contributed by atoms with van der Waals surface area (Å²) in [6.45, 7) is 0. The fraction of sp³-hybridized carbons (Fsp3) is 0.200. The lowest BCUT2D eigenvalue weighted by Gasteiger charge is -2.13. The van der Waals surface area contributed by atoms with Gasteiger partial charge in [-0.25, -0.2) is 0 Å². The number of phenolic OH excluding ortho intramolecular Hbond substituents is 2. The maximum Gasteiger partial charge on any atom is 0.266 e. The maximum atomic E-state index is 12.1. The highest BCUT2D eigenvalue weighted by atomic mass is 19.3. The Morgan fingerprint density at radius 1 is 0.690 bits per heavy atom. The van der Waals surface area contributed by atoms with Crippen LogP contribution in [0, 0.1) is 0 Å². The number of halogens is 2. The van der Waals surface area contributed by atoms with Gasteiger partial charge in [0.2, 0.25) is 0 Å². The first-order chi connectivity index (χ1) is 14.0. The topological polar surface area (TPSA) is 40.5 Å². The van der Waals surface area contributed by atoms with E-state index in [-0.39, 0.29) is 11.5 Å². The Balaban J connectivity index is 1.82. The van der Waals surface area contributed by atoms with Gasteiger partial charge in [0.05, 0.1) is 0 Å². The van der Waals surface area contributed by atoms with Crippen molar-refractivity contribution in [2.75, 3.05) is 0 Å². The Kier molecular flexibility index (Phi) is 7.01. The van der Waals surface area contributed by atoms with E-state index in [2.05, 4.69) is 12.1 Å². The summed E-state index contributed by atoms with van der Waals surface area (Å²) in [4.78, 5) is 0. The second kappa shape index (κ2) is 9.87. The highest BCUT2D eigenvalue weighted by molar-refractivity contribution is 5.74. The molecule has 0 heterocycles. The largest absolute Gasteiger partial charge is 0.508 e. The molecular weight excluding hydrogens is 370 g/mol. The van der Waals surface area contributed by atoms with Gasteiger partial charge in [-0.05, 0) is 83.8 Å². The second-order valence-corrected chi connectivity index (χ2v) is 7.06. The minimum atomic E-state index is -1.61. The molecule has 0 aromatic heterocycles. The molecule has 0 saturated carbocycles. The fourth-order valence-electron chi connectivity index (χ4n) is 3.40. The van der Waals surface area contributed by atoms with E-state index in [9.17, 15) is 19.0 Å². The van der Waals surface area contributed by atoms with Crippen molar-refractivity contribution in [3.05, 3.63) is 84.5 Å². The molecule has 0 atom stereocenters. The summed E-state index contributed by atoms with van der Waals surface area (Å²) in [5, 5.41) is 19.1. The van der Waals surface area contributed by atoms with E-state index in [1.54, 1.807) is 24.3 Å². The van der Waals surface area contributed by atoms with Crippen LogP contribution in [0.25, 0.3) is 22.3 Å². The summed E-state index contributed by atoms with van der Waals surface area (Å²) >= 11 is 0. The zero-order chi connectivity index (χ0) is 20.6. The lowest BCUT2D eigenvalue weighted by molar-refractivity contribution is 0.416. The molecule has 3 aromatic rings. The molecule has 2 nitrogen and oxygen atoms in total. The lowest BCUT2D eigenvalue weighted by Crippen LogP contribution is -1.93. The van der Waals surface area contributed by atoms with Gasteiger partial charge < -0.3 is 10.2 Å². The van der Waals surface area contributed by atoms with Crippen molar-refractivity contribution in [1.82, 2.24) is 0 Å². The molecule has 0 aliphatic rings. The van der Waals surface area contributed by atoms with Crippen LogP contribution in [0.15, 0.2) is 78.9 Å². The predicted octanol–water partition coefficient (Wildman–Crippen LogP) is 7.32. The number of allylic oxidation sites excluding steroid dienone is 1. The normalized spacial score (nSPS) is 10.7. The summed E-state index contributed by atoms with van der Waals surface area (Å²) in [7, 11) is 0. The van der Waals surface area contributed by atoms with Crippen LogP contribution in [0.1, 0.15) is 31.2 Å². The smallest absolute Gasteiger partial charge is 0.266 e. The highest BCUT2D eigenvalue weighted by Crippen LogP contribution is 2.31. The quantitative estimate of drug-likeness (QED) is 0.393. The molecule has 2 N–H and O–H groups in total. The van der Waals surface area contributed by atoms with Gasteiger partial charge in [-0.2, -0.15) is 8.78 Å². The molecule has 150 valence electrons. The van der Waals surface area contributed by atoms with Crippen LogP contribution in [0.3, 0.4) is 0 Å². The van der Waals surface area contributed by atoms with Crippen molar-refractivity contribution < 1.29 is 19.0 Å². The van der Waals surface area contributed by atoms with Crippen LogP contribution in [-0.2, 0) is 6.42 Å². The van der Waals surface area contributed by atoms with Gasteiger partial charge >= 0.3 is 0 Å². The number of aryl methyl sites for hydroxylation is 1. The molecule has 3 aromatic carbocycles. The van der Waals surface area contributed by atoms with Crippen molar-refractivity contribution in [1.29, 1.82) is 0 Å². The van der Waals surface area contributed by atoms with Gasteiger partial charge in [-0.1, -0.05) is 48.9 Å². The Morgan fingerprint density at radius 3 is 1.90 bits per heavy atom. The molecule has 0 saturated heterocycles. The Labute approximate surface area is 169 Å². The number of unbranched alkanes of at least 4 members (excludes halogenated alkanes) is 3. The van der Waals surface area contributed by atoms with Gasteiger partial charge in [0.25, 0.3) is 6.08 Å². The second-order valence-electron chi connectivity index (χ2n) is 7.06. The number of phenols is 2. The van der Waals surface area contributed by atoms with E-state index < -0.39 is 6.08 Å². The molecule has 29 heavy (non-hydrogen) atoms. The van der Waals surface area contributed by atoms with Crippen LogP contribution >= 0.6 is 0 Å². The van der Waals surface area contributed by atoms with Crippen LogP contribution in [-0.4, -0.2) is 10.2 Å². The van der Waals surface area contributed by atoms with Crippen LogP contribution < -0.4 is 0 Å². The number of benzene rings is 3. The Bertz CT molecular complexity index is 957. The summed E-state index contributed by atoms with van der Waals surface area (Å²) in [6, 6.07) is 20.5. The summed E-state index contributed by atoms with van der Waals surface area (Å²) in [6.07, 6.45) is 3.14. The number of aromatic hydroxyl groups is 2. The number of rotatable bonds is 8. The molecule has 4 heteroatoms. The third-order valence-electron chi connectivity index (χ3n) is 4.93. The van der Waals surface area contributed by atoms with Gasteiger partial charge in [0.15, 0.2) is 0 Å². The monoisotopic (exact) mass is 394 g/mol. The van der Waals surface area contributed by atoms with E-state index in [0.29, 0.717) is 6.42 Å². The lowest BCUT2D eigenvalue weighted by atomic mass is 9.92. The number of hydrogen-bond donors (Lipinski definition) is 2. The zero-order valence-corrected chi connectivity index (χ0v) is 16.1. The molecule has 3 rings (SSSR count). The molecule has 0 bridgehead atoms. The molecule has 0 spiro atoms. The van der Waals surface area contributed by atoms with Crippen molar-refractivity contribution >= 4 is 0 Å². The van der Waals surface area contributed by atoms with Gasteiger partial charge in [-0.3, -0.25) is 0 Å². The van der Waals surface area contributed by atoms with Crippen LogP contribution in [0.2, 0.25) is 0 Å². The minimum absolute atomic E-state index is 0.226. The average Bonchev–Trinajstić information content (AvgIpc) is 2.71. The highest BCUT2D eigenvalue weighted by Gasteiger charge is 2.08. The molecule has 0 aliphatic heterocycles. The van der Waals surface area contributed by atoms with E-state index >= 15 is 0 Å². The molecule has 0 fully saturated rings. The maximum absolute atomic E-state index is 12.1. The summed E-state index contributed by atoms with van der Waals surface area (Å²) < 4.78 is 24.3. The first-order valence-electron chi connectivity index (χ1n) is 9.76. The third-order valence-corrected chi connectivity index (χ3v) is 4.93. The SMILES string of the molecule is Oc1ccc(-c2ccc(-c3ccc(O)cc3)c(CCCCCC=C(F)F)c2)cc1. The van der Waals surface area contributed by atoms with Crippen molar-refractivity contribution in [3.63, 3.8) is 0 Å². The first kappa shape index (κ1) is 20.6. The third kappa shape index (κ3) is 5.92. The summed E-state index contributed by atoms with van der Waals surface area (Å²) in [5.74, 6) is 0.456. The Morgan fingerprint density at radius 2 is 1.28 bits per heavy atom. The van der Waals surface area contributed by atoms with E-state index in [4.69, 9.17) is 0 Å². The number of hydrogen-bond acceptors (Lipinski definition) is 2. The Hall–Kier alpha value is -3.14. The van der Waals surface area contributed by atoms with Crippen LogP contribution in [0.4, 0.5) is 8.78 Å². The molecule has 0 unspecified atom stereocenters. The average molecular weight is 394 g/mol. The molecule has 0 amide bonds. The van der Waals surface area contributed by atoms with Crippen LogP contribution in [0.5, 0.6) is 11.5 Å². The summed E-state index contributed by atoms with van der Waals surface area (Å²) in [5.41, 5.74) is 5.38. The van der Waals surface area contributed by atoms with Gasteiger partial charge in [0, 0.05) is 0 Å². The standard InChI is InChI=1S/C25H24F2O2/c26-25(27)6-4-2-1-3-5-21-17-20(18-7-12-22(28)13-8-18)11-16-24(21)19-9-14-23(29)15-10-19/h6-17,28-29H,1-5H2. The van der Waals surface area contributed by atoms with E-state index in [0.717, 1.165) is 54.0 Å². The molecular formula is C25H24F2O2. The molecule has 0 radical (unpaired) electrons. The van der Waals surface area contributed by atoms with E-state index in [1.165, 1.54) is 5.56 Å². The van der Waals surface area contributed by atoms with Crippen molar-refractivity contribution in [3.8, 4) is 33.8 Å². The predicted molar refractivity (Wildman–Crippen MR) is 113 cm³/mol. The molecule has 0 aliphatic carbocycles. The first-order valence-corrected chi connectivity index (χ1v) is 9.76.